The molecule has 2 heterocycles. The van der Waals surface area contributed by atoms with Gasteiger partial charge in [-0.05, 0) is 49.2 Å². The molecule has 19 heavy (non-hydrogen) atoms. The van der Waals surface area contributed by atoms with Gasteiger partial charge < -0.3 is 5.73 Å². The molecule has 0 aliphatic carbocycles. The number of hydrogen-bond acceptors (Lipinski definition) is 5. The van der Waals surface area contributed by atoms with Crippen LogP contribution in [-0.4, -0.2) is 15.0 Å². The third kappa shape index (κ3) is 3.23. The van der Waals surface area contributed by atoms with E-state index in [1.54, 1.807) is 11.8 Å². The highest BCUT2D eigenvalue weighted by atomic mass is 32.2. The quantitative estimate of drug-likeness (QED) is 0.870. The van der Waals surface area contributed by atoms with Crippen molar-refractivity contribution < 1.29 is 0 Å². The van der Waals surface area contributed by atoms with Crippen molar-refractivity contribution in [2.75, 3.05) is 5.73 Å². The van der Waals surface area contributed by atoms with Crippen molar-refractivity contribution in [3.05, 3.63) is 35.3 Å². The summed E-state index contributed by atoms with van der Waals surface area (Å²) in [5.41, 5.74) is 9.15. The number of nitrogen functional groups attached to an aromatic ring is 1. The summed E-state index contributed by atoms with van der Waals surface area (Å²) < 4.78 is 0. The van der Waals surface area contributed by atoms with Crippen LogP contribution in [0.3, 0.4) is 0 Å². The van der Waals surface area contributed by atoms with Crippen LogP contribution in [0.4, 0.5) is 5.82 Å². The number of rotatable bonds is 3. The fourth-order valence-corrected chi connectivity index (χ4v) is 3.15. The molecule has 0 unspecified atom stereocenters. The van der Waals surface area contributed by atoms with Crippen LogP contribution in [0.25, 0.3) is 0 Å². The van der Waals surface area contributed by atoms with Crippen molar-refractivity contribution in [1.29, 1.82) is 0 Å². The summed E-state index contributed by atoms with van der Waals surface area (Å²) in [6, 6.07) is 4.11. The van der Waals surface area contributed by atoms with Gasteiger partial charge in [0.1, 0.15) is 22.2 Å². The molecule has 2 aromatic heterocycles. The van der Waals surface area contributed by atoms with Gasteiger partial charge in [0.25, 0.3) is 0 Å². The van der Waals surface area contributed by atoms with E-state index < -0.39 is 0 Å². The molecule has 0 radical (unpaired) electrons. The molecule has 0 spiro atoms. The number of nitrogens with two attached hydrogens (primary N) is 1. The van der Waals surface area contributed by atoms with E-state index in [1.807, 2.05) is 6.92 Å². The summed E-state index contributed by atoms with van der Waals surface area (Å²) in [6.45, 7) is 8.24. The minimum absolute atomic E-state index is 0.287. The van der Waals surface area contributed by atoms with E-state index in [-0.39, 0.29) is 5.92 Å². The van der Waals surface area contributed by atoms with E-state index in [0.29, 0.717) is 5.82 Å². The normalized spacial score (nSPS) is 11.0. The third-order valence-corrected chi connectivity index (χ3v) is 3.67. The summed E-state index contributed by atoms with van der Waals surface area (Å²) >= 11 is 1.54. The Kier molecular flexibility index (Phi) is 4.04. The highest BCUT2D eigenvalue weighted by molar-refractivity contribution is 7.99. The number of pyridine rings is 1. The number of aryl methyl sites for hydroxylation is 2. The number of nitrogens with zero attached hydrogens (tertiary/aromatic N) is 3. The first kappa shape index (κ1) is 13.8. The van der Waals surface area contributed by atoms with Crippen LogP contribution in [0.15, 0.2) is 28.5 Å². The predicted molar refractivity (Wildman–Crippen MR) is 78.4 cm³/mol. The van der Waals surface area contributed by atoms with E-state index >= 15 is 0 Å². The Hall–Kier alpha value is -1.62. The summed E-state index contributed by atoms with van der Waals surface area (Å²) in [7, 11) is 0. The molecule has 0 fully saturated rings. The predicted octanol–water partition coefficient (Wildman–Crippen LogP) is 3.35. The van der Waals surface area contributed by atoms with Crippen LogP contribution in [0.2, 0.25) is 0 Å². The highest BCUT2D eigenvalue weighted by Gasteiger charge is 2.14. The number of aromatic nitrogens is 3. The second kappa shape index (κ2) is 5.57. The second-order valence-electron chi connectivity index (χ2n) is 4.86. The Labute approximate surface area is 117 Å². The first-order valence-corrected chi connectivity index (χ1v) is 7.02. The van der Waals surface area contributed by atoms with Crippen LogP contribution in [-0.2, 0) is 0 Å². The van der Waals surface area contributed by atoms with Crippen LogP contribution in [0.1, 0.15) is 36.6 Å². The van der Waals surface area contributed by atoms with Crippen LogP contribution in [0.5, 0.6) is 0 Å². The molecule has 100 valence electrons. The standard InChI is InChI=1S/C14H18N4S/c1-8(2)12-13(15)16-7-17-14(12)19-11-6-9(3)5-10(4)18-11/h5-8H,1-4H3,(H2,15,16,17). The molecule has 0 aliphatic heterocycles. The lowest BCUT2D eigenvalue weighted by Gasteiger charge is -2.12. The maximum absolute atomic E-state index is 5.95. The molecule has 0 aliphatic rings. The summed E-state index contributed by atoms with van der Waals surface area (Å²) in [6.07, 6.45) is 1.51. The van der Waals surface area contributed by atoms with Crippen LogP contribution < -0.4 is 5.73 Å². The Bertz CT molecular complexity index is 576. The van der Waals surface area contributed by atoms with Crippen molar-refractivity contribution in [1.82, 2.24) is 15.0 Å². The second-order valence-corrected chi connectivity index (χ2v) is 5.87. The Morgan fingerprint density at radius 3 is 2.53 bits per heavy atom. The fourth-order valence-electron chi connectivity index (χ4n) is 1.97. The molecular formula is C14H18N4S. The van der Waals surface area contributed by atoms with Gasteiger partial charge in [-0.3, -0.25) is 0 Å². The van der Waals surface area contributed by atoms with Crippen molar-refractivity contribution in [3.63, 3.8) is 0 Å². The Balaban J connectivity index is 2.40. The van der Waals surface area contributed by atoms with Crippen molar-refractivity contribution in [2.24, 2.45) is 0 Å². The van der Waals surface area contributed by atoms with Crippen molar-refractivity contribution in [3.8, 4) is 0 Å². The van der Waals surface area contributed by atoms with Gasteiger partial charge in [-0.25, -0.2) is 15.0 Å². The maximum Gasteiger partial charge on any atom is 0.131 e. The largest absolute Gasteiger partial charge is 0.383 e. The SMILES string of the molecule is Cc1cc(C)nc(Sc2ncnc(N)c2C(C)C)c1. The number of hydrogen-bond donors (Lipinski definition) is 1. The lowest BCUT2D eigenvalue weighted by molar-refractivity contribution is 0.807. The van der Waals surface area contributed by atoms with Gasteiger partial charge in [0.15, 0.2) is 0 Å². The lowest BCUT2D eigenvalue weighted by atomic mass is 10.1. The molecule has 4 nitrogen and oxygen atoms in total. The third-order valence-electron chi connectivity index (χ3n) is 2.73. The first-order valence-electron chi connectivity index (χ1n) is 6.21. The molecule has 0 aromatic carbocycles. The average molecular weight is 274 g/mol. The molecule has 0 saturated carbocycles. The van der Waals surface area contributed by atoms with Gasteiger partial charge in [-0.1, -0.05) is 13.8 Å². The maximum atomic E-state index is 5.95. The summed E-state index contributed by atoms with van der Waals surface area (Å²) in [5, 5.41) is 1.83. The van der Waals surface area contributed by atoms with E-state index in [1.165, 1.54) is 11.9 Å². The molecule has 2 aromatic rings. The van der Waals surface area contributed by atoms with Gasteiger partial charge in [-0.2, -0.15) is 0 Å². The van der Waals surface area contributed by atoms with Gasteiger partial charge in [-0.15, -0.1) is 0 Å². The van der Waals surface area contributed by atoms with Gasteiger partial charge in [0.05, 0.1) is 0 Å². The zero-order valence-corrected chi connectivity index (χ0v) is 12.5. The zero-order valence-electron chi connectivity index (χ0n) is 11.6. The van der Waals surface area contributed by atoms with Gasteiger partial charge >= 0.3 is 0 Å². The van der Waals surface area contributed by atoms with E-state index in [9.17, 15) is 0 Å². The van der Waals surface area contributed by atoms with Crippen molar-refractivity contribution >= 4 is 17.6 Å². The highest BCUT2D eigenvalue weighted by Crippen LogP contribution is 2.33. The van der Waals surface area contributed by atoms with Crippen LogP contribution >= 0.6 is 11.8 Å². The molecule has 0 saturated heterocycles. The van der Waals surface area contributed by atoms with Crippen molar-refractivity contribution in [2.45, 2.75) is 43.7 Å². The molecule has 2 N–H and O–H groups in total. The van der Waals surface area contributed by atoms with E-state index in [0.717, 1.165) is 21.3 Å². The molecule has 0 atom stereocenters. The first-order chi connectivity index (χ1) is 8.97. The molecule has 0 bridgehead atoms. The number of anilines is 1. The lowest BCUT2D eigenvalue weighted by Crippen LogP contribution is -2.03. The average Bonchev–Trinajstić information content (AvgIpc) is 2.26. The molecular weight excluding hydrogens is 256 g/mol. The van der Waals surface area contributed by atoms with Crippen LogP contribution in [0, 0.1) is 13.8 Å². The molecule has 2 rings (SSSR count). The fraction of sp³-hybridized carbons (Fsp3) is 0.357. The van der Waals surface area contributed by atoms with E-state index in [2.05, 4.69) is 47.9 Å². The topological polar surface area (TPSA) is 64.7 Å². The summed E-state index contributed by atoms with van der Waals surface area (Å²) in [5.74, 6) is 0.839. The van der Waals surface area contributed by atoms with Gasteiger partial charge in [0.2, 0.25) is 0 Å². The Morgan fingerprint density at radius 2 is 1.89 bits per heavy atom. The molecule has 0 amide bonds. The molecule has 5 heteroatoms. The summed E-state index contributed by atoms with van der Waals surface area (Å²) in [4.78, 5) is 12.9. The van der Waals surface area contributed by atoms with E-state index in [4.69, 9.17) is 5.73 Å². The smallest absolute Gasteiger partial charge is 0.131 e. The monoisotopic (exact) mass is 274 g/mol. The Morgan fingerprint density at radius 1 is 1.16 bits per heavy atom. The minimum atomic E-state index is 0.287. The minimum Gasteiger partial charge on any atom is -0.383 e. The zero-order chi connectivity index (χ0) is 14.0. The van der Waals surface area contributed by atoms with Gasteiger partial charge in [0, 0.05) is 11.3 Å².